The number of aliphatic hydroxyl groups excluding tert-OH is 1. The Kier molecular flexibility index (Phi) is 8.23. The number of hydrogen-bond acceptors (Lipinski definition) is 5. The lowest BCUT2D eigenvalue weighted by molar-refractivity contribution is 0.0621. The quantitative estimate of drug-likeness (QED) is 0.430. The van der Waals surface area contributed by atoms with Gasteiger partial charge >= 0.3 is 0 Å². The van der Waals surface area contributed by atoms with Crippen molar-refractivity contribution >= 4 is 28.8 Å². The highest BCUT2D eigenvalue weighted by Crippen LogP contribution is 2.28. The topological polar surface area (TPSA) is 62.7 Å². The number of ether oxygens (including phenoxy) is 1. The van der Waals surface area contributed by atoms with Gasteiger partial charge in [-0.3, -0.25) is 4.79 Å². The summed E-state index contributed by atoms with van der Waals surface area (Å²) in [6, 6.07) is 11.1. The van der Waals surface area contributed by atoms with Crippen molar-refractivity contribution in [3.63, 3.8) is 0 Å². The zero-order valence-electron chi connectivity index (χ0n) is 18.2. The molecule has 0 aliphatic rings. The number of nitrogens with zero attached hydrogens (tertiary/aromatic N) is 2. The predicted molar refractivity (Wildman–Crippen MR) is 124 cm³/mol. The van der Waals surface area contributed by atoms with E-state index in [-0.39, 0.29) is 43.2 Å². The lowest BCUT2D eigenvalue weighted by Gasteiger charge is -2.32. The van der Waals surface area contributed by atoms with Crippen molar-refractivity contribution in [3.8, 4) is 5.75 Å². The molecule has 3 aromatic rings. The van der Waals surface area contributed by atoms with E-state index in [1.54, 1.807) is 40.6 Å². The van der Waals surface area contributed by atoms with Crippen LogP contribution < -0.4 is 4.74 Å². The normalized spacial score (nSPS) is 12.1. The number of aromatic nitrogens is 1. The fraction of sp³-hybridized carbons (Fsp3) is 0.333. The van der Waals surface area contributed by atoms with Crippen molar-refractivity contribution < 1.29 is 19.0 Å². The Labute approximate surface area is 196 Å². The summed E-state index contributed by atoms with van der Waals surface area (Å²) in [6.07, 6.45) is 0. The van der Waals surface area contributed by atoms with Crippen molar-refractivity contribution in [1.29, 1.82) is 0 Å². The molecule has 1 unspecified atom stereocenters. The highest BCUT2D eigenvalue weighted by molar-refractivity contribution is 7.09. The van der Waals surface area contributed by atoms with Crippen LogP contribution in [0.25, 0.3) is 0 Å². The van der Waals surface area contributed by atoms with E-state index in [0.29, 0.717) is 22.0 Å². The van der Waals surface area contributed by atoms with Crippen LogP contribution in [0.2, 0.25) is 5.02 Å². The first-order chi connectivity index (χ1) is 15.3. The Morgan fingerprint density at radius 1 is 1.25 bits per heavy atom. The summed E-state index contributed by atoms with van der Waals surface area (Å²) < 4.78 is 20.4. The number of hydrogen-bond donors (Lipinski definition) is 1. The zero-order valence-corrected chi connectivity index (χ0v) is 19.8. The van der Waals surface area contributed by atoms with Crippen LogP contribution in [0.3, 0.4) is 0 Å². The third kappa shape index (κ3) is 5.85. The van der Waals surface area contributed by atoms with Crippen molar-refractivity contribution in [2.24, 2.45) is 5.92 Å². The Balaban J connectivity index is 1.88. The van der Waals surface area contributed by atoms with Crippen LogP contribution in [-0.2, 0) is 19.8 Å². The molecule has 1 atom stereocenters. The number of rotatable bonds is 9. The number of aliphatic hydroxyl groups is 1. The number of halogens is 2. The molecule has 32 heavy (non-hydrogen) atoms. The SMILES string of the molecule is CC(C)C(C)N(Cc1cc(Cl)ccc1OCc1nc(CO)cs1)C(=O)c1ccccc1F. The van der Waals surface area contributed by atoms with Crippen molar-refractivity contribution in [3.05, 3.63) is 80.5 Å². The van der Waals surface area contributed by atoms with Gasteiger partial charge in [0.2, 0.25) is 0 Å². The highest BCUT2D eigenvalue weighted by atomic mass is 35.5. The van der Waals surface area contributed by atoms with Crippen LogP contribution in [0.1, 0.15) is 47.4 Å². The lowest BCUT2D eigenvalue weighted by atomic mass is 10.0. The van der Waals surface area contributed by atoms with Crippen LogP contribution in [0, 0.1) is 11.7 Å². The van der Waals surface area contributed by atoms with Gasteiger partial charge in [0, 0.05) is 28.6 Å². The second-order valence-corrected chi connectivity index (χ2v) is 9.21. The third-order valence-electron chi connectivity index (χ3n) is 5.30. The van der Waals surface area contributed by atoms with Crippen LogP contribution in [0.15, 0.2) is 47.8 Å². The molecule has 0 aliphatic carbocycles. The molecule has 0 radical (unpaired) electrons. The van der Waals surface area contributed by atoms with Gasteiger partial charge in [-0.25, -0.2) is 9.37 Å². The van der Waals surface area contributed by atoms with E-state index in [1.807, 2.05) is 20.8 Å². The molecule has 1 amide bonds. The standard InChI is InChI=1S/C24H26ClFN2O3S/c1-15(2)16(3)28(24(30)20-6-4-5-7-21(20)26)11-17-10-18(25)8-9-22(17)31-13-23-27-19(12-29)14-32-23/h4-10,14-16,29H,11-13H2,1-3H3. The molecule has 1 aromatic heterocycles. The highest BCUT2D eigenvalue weighted by Gasteiger charge is 2.27. The molecule has 0 aliphatic heterocycles. The fourth-order valence-corrected chi connectivity index (χ4v) is 4.06. The smallest absolute Gasteiger partial charge is 0.257 e. The molecule has 1 N–H and O–H groups in total. The maximum atomic E-state index is 14.4. The minimum absolute atomic E-state index is 0.0313. The van der Waals surface area contributed by atoms with Gasteiger partial charge in [-0.2, -0.15) is 0 Å². The summed E-state index contributed by atoms with van der Waals surface area (Å²) in [5.74, 6) is -0.217. The second kappa shape index (κ2) is 10.9. The first kappa shape index (κ1) is 24.2. The van der Waals surface area contributed by atoms with Gasteiger partial charge in [0.05, 0.1) is 17.9 Å². The molecular weight excluding hydrogens is 451 g/mol. The Bertz CT molecular complexity index is 1070. The average Bonchev–Trinajstić information content (AvgIpc) is 3.24. The van der Waals surface area contributed by atoms with Crippen molar-refractivity contribution in [1.82, 2.24) is 9.88 Å². The summed E-state index contributed by atoms with van der Waals surface area (Å²) in [4.78, 5) is 19.2. The number of thiazole rings is 1. The first-order valence-electron chi connectivity index (χ1n) is 10.3. The van der Waals surface area contributed by atoms with Crippen molar-refractivity contribution in [2.45, 2.75) is 46.6 Å². The monoisotopic (exact) mass is 476 g/mol. The van der Waals surface area contributed by atoms with Gasteiger partial charge < -0.3 is 14.7 Å². The third-order valence-corrected chi connectivity index (χ3v) is 6.40. The molecule has 2 aromatic carbocycles. The van der Waals surface area contributed by atoms with Crippen LogP contribution >= 0.6 is 22.9 Å². The fourth-order valence-electron chi connectivity index (χ4n) is 3.17. The van der Waals surface area contributed by atoms with Crippen LogP contribution in [0.5, 0.6) is 5.75 Å². The number of carbonyl (C=O) groups excluding carboxylic acids is 1. The van der Waals surface area contributed by atoms with E-state index in [9.17, 15) is 14.3 Å². The molecule has 1 heterocycles. The largest absolute Gasteiger partial charge is 0.486 e. The molecule has 5 nitrogen and oxygen atoms in total. The second-order valence-electron chi connectivity index (χ2n) is 7.83. The maximum absolute atomic E-state index is 14.4. The van der Waals surface area contributed by atoms with Gasteiger partial charge in [0.15, 0.2) is 0 Å². The van der Waals surface area contributed by atoms with Gasteiger partial charge in [0.25, 0.3) is 5.91 Å². The van der Waals surface area contributed by atoms with E-state index in [1.165, 1.54) is 23.5 Å². The molecule has 0 bridgehead atoms. The summed E-state index contributed by atoms with van der Waals surface area (Å²) in [5.41, 5.74) is 1.34. The zero-order chi connectivity index (χ0) is 23.3. The van der Waals surface area contributed by atoms with E-state index in [4.69, 9.17) is 16.3 Å². The van der Waals surface area contributed by atoms with E-state index >= 15 is 0 Å². The summed E-state index contributed by atoms with van der Waals surface area (Å²) >= 11 is 7.65. The lowest BCUT2D eigenvalue weighted by Crippen LogP contribution is -2.41. The Morgan fingerprint density at radius 2 is 2.00 bits per heavy atom. The number of benzene rings is 2. The summed E-state index contributed by atoms with van der Waals surface area (Å²) in [5, 5.41) is 12.2. The minimum Gasteiger partial charge on any atom is -0.486 e. The number of amides is 1. The predicted octanol–water partition coefficient (Wildman–Crippen LogP) is 5.69. The first-order valence-corrected chi connectivity index (χ1v) is 11.6. The van der Waals surface area contributed by atoms with Gasteiger partial charge in [-0.15, -0.1) is 11.3 Å². The molecule has 8 heteroatoms. The molecule has 0 saturated heterocycles. The number of carbonyl (C=O) groups is 1. The van der Waals surface area contributed by atoms with Gasteiger partial charge in [-0.05, 0) is 43.2 Å². The molecule has 3 rings (SSSR count). The molecule has 170 valence electrons. The Morgan fingerprint density at radius 3 is 2.66 bits per heavy atom. The molecular formula is C24H26ClFN2O3S. The molecule has 0 fully saturated rings. The maximum Gasteiger partial charge on any atom is 0.257 e. The van der Waals surface area contributed by atoms with Gasteiger partial charge in [-0.1, -0.05) is 37.6 Å². The summed E-state index contributed by atoms with van der Waals surface area (Å²) in [6.45, 7) is 6.29. The Hall–Kier alpha value is -2.48. The molecule has 0 saturated carbocycles. The van der Waals surface area contributed by atoms with Crippen LogP contribution in [0.4, 0.5) is 4.39 Å². The minimum atomic E-state index is -0.551. The van der Waals surface area contributed by atoms with Crippen molar-refractivity contribution in [2.75, 3.05) is 0 Å². The van der Waals surface area contributed by atoms with Gasteiger partial charge in [0.1, 0.15) is 23.2 Å². The van der Waals surface area contributed by atoms with E-state index in [0.717, 1.165) is 5.01 Å². The van der Waals surface area contributed by atoms with E-state index in [2.05, 4.69) is 4.98 Å². The summed E-state index contributed by atoms with van der Waals surface area (Å²) in [7, 11) is 0. The molecule has 0 spiro atoms. The van der Waals surface area contributed by atoms with E-state index < -0.39 is 5.82 Å². The average molecular weight is 477 g/mol. The van der Waals surface area contributed by atoms with Crippen LogP contribution in [-0.4, -0.2) is 26.9 Å².